The first-order chi connectivity index (χ1) is 12.2. The topological polar surface area (TPSA) is 22.0 Å². The van der Waals surface area contributed by atoms with Gasteiger partial charge in [0.2, 0.25) is 5.91 Å². The molecular formula is C20H16F3NOS. The highest BCUT2D eigenvalue weighted by molar-refractivity contribution is 8.00. The zero-order valence-electron chi connectivity index (χ0n) is 14.2. The van der Waals surface area contributed by atoms with Crippen LogP contribution in [0.2, 0.25) is 0 Å². The maximum absolute atomic E-state index is 13.4. The van der Waals surface area contributed by atoms with E-state index in [0.717, 1.165) is 27.7 Å². The molecule has 2 nitrogen and oxygen atoms in total. The number of benzene rings is 2. The Hall–Kier alpha value is -2.21. The first-order valence-corrected chi connectivity index (χ1v) is 9.18. The summed E-state index contributed by atoms with van der Waals surface area (Å²) in [5.41, 5.74) is -1.67. The van der Waals surface area contributed by atoms with Gasteiger partial charge in [0.25, 0.3) is 0 Å². The lowest BCUT2D eigenvalue weighted by molar-refractivity contribution is -0.0329. The largest absolute Gasteiger partial charge is 0.441 e. The number of fused-ring (bicyclic) bond motifs is 5. The standard InChI is InChI=1S/C20H16F3NOS/c1-12-13-7-4-6-10-16(13)24-17(12)14-8-3-5-9-15(14)19(2,18(24)25)11-26-20(21,22)23/h3-10H,11H2,1-2H3/t19-/m0/s1. The summed E-state index contributed by atoms with van der Waals surface area (Å²) in [5.74, 6) is -0.663. The molecule has 26 heavy (non-hydrogen) atoms. The molecule has 0 amide bonds. The van der Waals surface area contributed by atoms with E-state index in [1.54, 1.807) is 23.6 Å². The summed E-state index contributed by atoms with van der Waals surface area (Å²) in [4.78, 5) is 13.4. The average molecular weight is 375 g/mol. The second-order valence-electron chi connectivity index (χ2n) is 6.74. The lowest BCUT2D eigenvalue weighted by Crippen LogP contribution is -2.43. The third-order valence-corrected chi connectivity index (χ3v) is 6.15. The maximum atomic E-state index is 13.4. The van der Waals surface area contributed by atoms with Crippen LogP contribution in [0.25, 0.3) is 22.2 Å². The summed E-state index contributed by atoms with van der Waals surface area (Å²) in [6.45, 7) is 3.56. The molecule has 0 saturated heterocycles. The van der Waals surface area contributed by atoms with Crippen LogP contribution in [0.5, 0.6) is 0 Å². The number of rotatable bonds is 2. The van der Waals surface area contributed by atoms with Gasteiger partial charge in [0.15, 0.2) is 0 Å². The second kappa shape index (κ2) is 5.64. The number of aryl methyl sites for hydroxylation is 1. The van der Waals surface area contributed by atoms with Crippen molar-refractivity contribution < 1.29 is 18.0 Å². The summed E-state index contributed by atoms with van der Waals surface area (Å²) in [5, 5.41) is 0.943. The Kier molecular flexibility index (Phi) is 3.74. The summed E-state index contributed by atoms with van der Waals surface area (Å²) in [6, 6.07) is 14.8. The Balaban J connectivity index is 2.01. The number of alkyl halides is 3. The molecule has 0 spiro atoms. The molecule has 0 unspecified atom stereocenters. The van der Waals surface area contributed by atoms with Crippen molar-refractivity contribution in [3.05, 3.63) is 59.7 Å². The molecule has 0 saturated carbocycles. The third-order valence-electron chi connectivity index (χ3n) is 5.10. The number of halogens is 3. The Bertz CT molecular complexity index is 1040. The second-order valence-corrected chi connectivity index (χ2v) is 7.78. The minimum atomic E-state index is -4.38. The molecule has 3 aromatic rings. The molecule has 6 heteroatoms. The lowest BCUT2D eigenvalue weighted by atomic mass is 9.77. The van der Waals surface area contributed by atoms with Crippen LogP contribution in [0.3, 0.4) is 0 Å². The van der Waals surface area contributed by atoms with Crippen molar-refractivity contribution in [3.8, 4) is 11.3 Å². The SMILES string of the molecule is Cc1c2n(c3ccccc13)C(=O)[C@@](C)(CSC(F)(F)F)c1ccccc1-2. The normalized spacial score (nSPS) is 19.5. The highest BCUT2D eigenvalue weighted by Crippen LogP contribution is 2.47. The fraction of sp³-hybridized carbons (Fsp3) is 0.250. The van der Waals surface area contributed by atoms with E-state index in [2.05, 4.69) is 0 Å². The molecule has 0 fully saturated rings. The van der Waals surface area contributed by atoms with E-state index in [1.807, 2.05) is 43.3 Å². The molecule has 1 aromatic heterocycles. The highest BCUT2D eigenvalue weighted by atomic mass is 32.2. The molecule has 1 aliphatic heterocycles. The number of para-hydroxylation sites is 1. The Morgan fingerprint density at radius 3 is 2.46 bits per heavy atom. The van der Waals surface area contributed by atoms with Gasteiger partial charge in [-0.05, 0) is 42.8 Å². The predicted octanol–water partition coefficient (Wildman–Crippen LogP) is 5.78. The van der Waals surface area contributed by atoms with Gasteiger partial charge in [-0.25, -0.2) is 0 Å². The van der Waals surface area contributed by atoms with Gasteiger partial charge in [-0.15, -0.1) is 0 Å². The highest BCUT2D eigenvalue weighted by Gasteiger charge is 2.46. The third kappa shape index (κ3) is 2.39. The van der Waals surface area contributed by atoms with Gasteiger partial charge in [-0.1, -0.05) is 42.5 Å². The predicted molar refractivity (Wildman–Crippen MR) is 98.6 cm³/mol. The van der Waals surface area contributed by atoms with E-state index in [4.69, 9.17) is 0 Å². The van der Waals surface area contributed by atoms with Gasteiger partial charge in [0, 0.05) is 16.7 Å². The van der Waals surface area contributed by atoms with Crippen molar-refractivity contribution in [1.29, 1.82) is 0 Å². The van der Waals surface area contributed by atoms with Gasteiger partial charge in [0.1, 0.15) is 0 Å². The number of thioether (sulfide) groups is 1. The van der Waals surface area contributed by atoms with Crippen LogP contribution >= 0.6 is 11.8 Å². The number of carbonyl (C=O) groups excluding carboxylic acids is 1. The van der Waals surface area contributed by atoms with Crippen molar-refractivity contribution in [3.63, 3.8) is 0 Å². The van der Waals surface area contributed by atoms with Crippen LogP contribution in [0, 0.1) is 6.92 Å². The molecule has 0 aliphatic carbocycles. The van der Waals surface area contributed by atoms with Gasteiger partial charge >= 0.3 is 5.51 Å². The molecular weight excluding hydrogens is 359 g/mol. The molecule has 4 rings (SSSR count). The Labute approximate surface area is 153 Å². The minimum absolute atomic E-state index is 0.141. The van der Waals surface area contributed by atoms with Crippen LogP contribution in [0.15, 0.2) is 48.5 Å². The number of nitrogens with zero attached hydrogens (tertiary/aromatic N) is 1. The fourth-order valence-corrected chi connectivity index (χ4v) is 4.56. The van der Waals surface area contributed by atoms with E-state index in [-0.39, 0.29) is 23.4 Å². The maximum Gasteiger partial charge on any atom is 0.441 e. The van der Waals surface area contributed by atoms with Crippen molar-refractivity contribution in [2.24, 2.45) is 0 Å². The van der Waals surface area contributed by atoms with Crippen molar-refractivity contribution in [2.45, 2.75) is 24.8 Å². The van der Waals surface area contributed by atoms with Crippen molar-refractivity contribution >= 4 is 28.6 Å². The van der Waals surface area contributed by atoms with Crippen molar-refractivity contribution in [1.82, 2.24) is 4.57 Å². The Morgan fingerprint density at radius 1 is 1.08 bits per heavy atom. The van der Waals surface area contributed by atoms with Crippen LogP contribution in [0.1, 0.15) is 22.8 Å². The molecule has 2 heterocycles. The van der Waals surface area contributed by atoms with E-state index in [0.29, 0.717) is 5.56 Å². The van der Waals surface area contributed by atoms with E-state index in [9.17, 15) is 18.0 Å². The zero-order valence-corrected chi connectivity index (χ0v) is 15.0. The van der Waals surface area contributed by atoms with Crippen LogP contribution in [-0.4, -0.2) is 21.7 Å². The Morgan fingerprint density at radius 2 is 1.73 bits per heavy atom. The molecule has 1 aliphatic rings. The van der Waals surface area contributed by atoms with Gasteiger partial charge in [0.05, 0.1) is 16.6 Å². The quantitative estimate of drug-likeness (QED) is 0.566. The number of aromatic nitrogens is 1. The fourth-order valence-electron chi connectivity index (χ4n) is 3.83. The van der Waals surface area contributed by atoms with Gasteiger partial charge in [-0.2, -0.15) is 13.2 Å². The summed E-state index contributed by atoms with van der Waals surface area (Å²) in [7, 11) is 0. The first-order valence-electron chi connectivity index (χ1n) is 8.19. The summed E-state index contributed by atoms with van der Waals surface area (Å²) >= 11 is -0.141. The zero-order chi connectivity index (χ0) is 18.7. The van der Waals surface area contributed by atoms with Gasteiger partial charge < -0.3 is 0 Å². The number of hydrogen-bond donors (Lipinski definition) is 0. The number of hydrogen-bond acceptors (Lipinski definition) is 2. The molecule has 0 bridgehead atoms. The first kappa shape index (κ1) is 17.2. The number of carbonyl (C=O) groups is 1. The smallest absolute Gasteiger partial charge is 0.279 e. The average Bonchev–Trinajstić information content (AvgIpc) is 2.91. The minimum Gasteiger partial charge on any atom is -0.279 e. The van der Waals surface area contributed by atoms with Crippen LogP contribution < -0.4 is 0 Å². The van der Waals surface area contributed by atoms with Crippen molar-refractivity contribution in [2.75, 3.05) is 5.75 Å². The molecule has 0 N–H and O–H groups in total. The lowest BCUT2D eigenvalue weighted by Gasteiger charge is -2.36. The molecule has 2 aromatic carbocycles. The molecule has 1 atom stereocenters. The summed E-state index contributed by atoms with van der Waals surface area (Å²) < 4.78 is 40.2. The van der Waals surface area contributed by atoms with Crippen LogP contribution in [0.4, 0.5) is 13.2 Å². The van der Waals surface area contributed by atoms with Crippen LogP contribution in [-0.2, 0) is 5.41 Å². The van der Waals surface area contributed by atoms with E-state index < -0.39 is 10.9 Å². The molecule has 0 radical (unpaired) electrons. The molecule has 134 valence electrons. The van der Waals surface area contributed by atoms with Gasteiger partial charge in [-0.3, -0.25) is 9.36 Å². The monoisotopic (exact) mass is 375 g/mol. The van der Waals surface area contributed by atoms with E-state index >= 15 is 0 Å². The van der Waals surface area contributed by atoms with E-state index in [1.165, 1.54) is 0 Å². The summed E-state index contributed by atoms with van der Waals surface area (Å²) in [6.07, 6.45) is 0.